The van der Waals surface area contributed by atoms with Gasteiger partial charge in [0.05, 0.1) is 6.42 Å². The van der Waals surface area contributed by atoms with Gasteiger partial charge in [-0.05, 0) is 44.5 Å². The van der Waals surface area contributed by atoms with E-state index in [9.17, 15) is 9.59 Å². The van der Waals surface area contributed by atoms with E-state index in [-0.39, 0.29) is 13.0 Å². The van der Waals surface area contributed by atoms with Crippen LogP contribution in [0.1, 0.15) is 6.42 Å². The van der Waals surface area contributed by atoms with Crippen LogP contribution in [-0.2, 0) is 14.3 Å². The molecule has 0 aromatic heterocycles. The van der Waals surface area contributed by atoms with Crippen molar-refractivity contribution in [2.24, 2.45) is 0 Å². The molecule has 0 spiro atoms. The van der Waals surface area contributed by atoms with Crippen LogP contribution < -0.4 is 0 Å². The first-order chi connectivity index (χ1) is 11.6. The lowest BCUT2D eigenvalue weighted by atomic mass is 9.92. The summed E-state index contributed by atoms with van der Waals surface area (Å²) < 4.78 is 4.36. The van der Waals surface area contributed by atoms with Gasteiger partial charge in [-0.2, -0.15) is 0 Å². The number of hydrogen-bond acceptors (Lipinski definition) is 3. The molecule has 0 aliphatic heterocycles. The summed E-state index contributed by atoms with van der Waals surface area (Å²) in [5, 5.41) is 16.4. The van der Waals surface area contributed by atoms with Crippen molar-refractivity contribution in [3.63, 3.8) is 0 Å². The third-order valence-electron chi connectivity index (χ3n) is 3.90. The van der Waals surface area contributed by atoms with Gasteiger partial charge < -0.3 is 9.84 Å². The molecular weight excluding hydrogens is 304 g/mol. The molecule has 0 atom stereocenters. The van der Waals surface area contributed by atoms with Gasteiger partial charge in [0, 0.05) is 6.08 Å². The molecule has 5 aromatic carbocycles. The molecule has 0 heterocycles. The molecule has 0 aliphatic carbocycles. The molecule has 5 rings (SSSR count). The summed E-state index contributed by atoms with van der Waals surface area (Å²) in [6.07, 6.45) is 0.821. The molecule has 24 heavy (non-hydrogen) atoms. The third kappa shape index (κ3) is 2.99. The van der Waals surface area contributed by atoms with Crippen LogP contribution in [0.15, 0.2) is 61.2 Å². The Morgan fingerprint density at radius 1 is 0.958 bits per heavy atom. The topological polar surface area (TPSA) is 63.6 Å². The standard InChI is InChI=1S/C14H8.C6H8O4/c1-3-9-7-14-10-4-2-6-12(14)11(5-1)13(9)8-10;1-2-6(9)10-4-3-5(7)8/h1-8H;2H,1,3-4H2,(H,7,8). The fourth-order valence-corrected chi connectivity index (χ4v) is 2.82. The molecule has 0 unspecified atom stereocenters. The Kier molecular flexibility index (Phi) is 4.29. The highest BCUT2D eigenvalue weighted by Crippen LogP contribution is 2.36. The molecule has 6 bridgehead atoms. The molecule has 120 valence electrons. The highest BCUT2D eigenvalue weighted by atomic mass is 16.5. The van der Waals surface area contributed by atoms with E-state index in [4.69, 9.17) is 5.11 Å². The van der Waals surface area contributed by atoms with Crippen LogP contribution in [0.2, 0.25) is 0 Å². The van der Waals surface area contributed by atoms with E-state index in [0.29, 0.717) is 0 Å². The second kappa shape index (κ2) is 6.54. The van der Waals surface area contributed by atoms with E-state index in [0.717, 1.165) is 6.08 Å². The Morgan fingerprint density at radius 2 is 1.50 bits per heavy atom. The summed E-state index contributed by atoms with van der Waals surface area (Å²) in [6.45, 7) is 3.04. The lowest BCUT2D eigenvalue weighted by Gasteiger charge is -2.12. The SMILES string of the molecule is C=CC(=O)OCCC(=O)O.c1cc2cc3c4cccc3c(c1)c2c4. The van der Waals surface area contributed by atoms with Gasteiger partial charge in [-0.15, -0.1) is 0 Å². The Labute approximate surface area is 138 Å². The van der Waals surface area contributed by atoms with E-state index < -0.39 is 11.9 Å². The smallest absolute Gasteiger partial charge is 0.330 e. The summed E-state index contributed by atoms with van der Waals surface area (Å²) >= 11 is 0. The monoisotopic (exact) mass is 320 g/mol. The highest BCUT2D eigenvalue weighted by molar-refractivity contribution is 6.23. The van der Waals surface area contributed by atoms with Gasteiger partial charge in [0.2, 0.25) is 0 Å². The number of carboxylic acids is 1. The van der Waals surface area contributed by atoms with Crippen LogP contribution in [0.4, 0.5) is 0 Å². The first-order valence-corrected chi connectivity index (χ1v) is 7.57. The van der Waals surface area contributed by atoms with Gasteiger partial charge in [-0.1, -0.05) is 43.0 Å². The Balaban J connectivity index is 0.000000152. The molecule has 0 aliphatic rings. The number of carboxylic acid groups (broad SMARTS) is 1. The maximum absolute atomic E-state index is 10.3. The molecule has 0 amide bonds. The van der Waals surface area contributed by atoms with Crippen molar-refractivity contribution in [2.45, 2.75) is 6.42 Å². The molecule has 0 fully saturated rings. The predicted octanol–water partition coefficient (Wildman–Crippen LogP) is 4.21. The number of carbonyl (C=O) groups is 2. The molecular formula is C20H16O4. The Hall–Kier alpha value is -3.14. The van der Waals surface area contributed by atoms with Gasteiger partial charge >= 0.3 is 11.9 Å². The second-order valence-electron chi connectivity index (χ2n) is 5.42. The average molecular weight is 320 g/mol. The zero-order valence-corrected chi connectivity index (χ0v) is 13.0. The number of hydrogen-bond donors (Lipinski definition) is 1. The molecule has 1 N–H and O–H groups in total. The minimum Gasteiger partial charge on any atom is -0.481 e. The highest BCUT2D eigenvalue weighted by Gasteiger charge is 2.08. The number of esters is 1. The zero-order chi connectivity index (χ0) is 17.1. The quantitative estimate of drug-likeness (QED) is 0.347. The van der Waals surface area contributed by atoms with Crippen molar-refractivity contribution < 1.29 is 19.4 Å². The number of carbonyl (C=O) groups excluding carboxylic acids is 1. The molecule has 0 saturated heterocycles. The largest absolute Gasteiger partial charge is 0.481 e. The zero-order valence-electron chi connectivity index (χ0n) is 13.0. The second-order valence-corrected chi connectivity index (χ2v) is 5.42. The van der Waals surface area contributed by atoms with Gasteiger partial charge in [-0.3, -0.25) is 4.79 Å². The van der Waals surface area contributed by atoms with Gasteiger partial charge in [0.15, 0.2) is 0 Å². The Morgan fingerprint density at radius 3 is 1.96 bits per heavy atom. The Bertz CT molecular complexity index is 928. The van der Waals surface area contributed by atoms with E-state index in [1.807, 2.05) is 0 Å². The maximum Gasteiger partial charge on any atom is 0.330 e. The van der Waals surface area contributed by atoms with Crippen LogP contribution in [0.3, 0.4) is 0 Å². The molecule has 5 aromatic rings. The molecule has 0 radical (unpaired) electrons. The van der Waals surface area contributed by atoms with Gasteiger partial charge in [-0.25, -0.2) is 4.79 Å². The predicted molar refractivity (Wildman–Crippen MR) is 94.7 cm³/mol. The third-order valence-corrected chi connectivity index (χ3v) is 3.90. The number of rotatable bonds is 4. The van der Waals surface area contributed by atoms with E-state index in [2.05, 4.69) is 59.8 Å². The minimum atomic E-state index is -0.989. The van der Waals surface area contributed by atoms with Crippen molar-refractivity contribution in [1.29, 1.82) is 0 Å². The van der Waals surface area contributed by atoms with Crippen LogP contribution in [0.5, 0.6) is 0 Å². The minimum absolute atomic E-state index is 0.0970. The number of benzene rings is 5. The van der Waals surface area contributed by atoms with Crippen molar-refractivity contribution in [2.75, 3.05) is 6.61 Å². The molecule has 0 saturated carbocycles. The van der Waals surface area contributed by atoms with Crippen molar-refractivity contribution >= 4 is 44.3 Å². The van der Waals surface area contributed by atoms with Crippen molar-refractivity contribution in [3.05, 3.63) is 61.2 Å². The summed E-state index contributed by atoms with van der Waals surface area (Å²) in [4.78, 5) is 20.1. The van der Waals surface area contributed by atoms with Gasteiger partial charge in [0.25, 0.3) is 0 Å². The van der Waals surface area contributed by atoms with Crippen molar-refractivity contribution in [3.8, 4) is 0 Å². The maximum atomic E-state index is 10.3. The fraction of sp³-hybridized carbons (Fsp3) is 0.100. The normalized spacial score (nSPS) is 10.7. The summed E-state index contributed by atoms with van der Waals surface area (Å²) in [6, 6.07) is 17.7. The summed E-state index contributed by atoms with van der Waals surface area (Å²) in [5.41, 5.74) is 0. The van der Waals surface area contributed by atoms with Crippen molar-refractivity contribution in [1.82, 2.24) is 0 Å². The number of aliphatic carboxylic acids is 1. The van der Waals surface area contributed by atoms with Crippen LogP contribution >= 0.6 is 0 Å². The average Bonchev–Trinajstić information content (AvgIpc) is 2.56. The molecule has 4 nitrogen and oxygen atoms in total. The lowest BCUT2D eigenvalue weighted by Crippen LogP contribution is -2.06. The van der Waals surface area contributed by atoms with Crippen LogP contribution in [0, 0.1) is 0 Å². The van der Waals surface area contributed by atoms with Gasteiger partial charge in [0.1, 0.15) is 6.61 Å². The van der Waals surface area contributed by atoms with E-state index in [1.165, 1.54) is 32.3 Å². The summed E-state index contributed by atoms with van der Waals surface area (Å²) in [5.74, 6) is -1.59. The lowest BCUT2D eigenvalue weighted by molar-refractivity contribution is -0.142. The number of ether oxygens (including phenoxy) is 1. The fourth-order valence-electron chi connectivity index (χ4n) is 2.82. The van der Waals surface area contributed by atoms with E-state index >= 15 is 0 Å². The summed E-state index contributed by atoms with van der Waals surface area (Å²) in [7, 11) is 0. The van der Waals surface area contributed by atoms with E-state index in [1.54, 1.807) is 0 Å². The van der Waals surface area contributed by atoms with Crippen LogP contribution in [-0.4, -0.2) is 23.7 Å². The first kappa shape index (κ1) is 15.7. The molecule has 4 heteroatoms. The first-order valence-electron chi connectivity index (χ1n) is 7.57. The van der Waals surface area contributed by atoms with Crippen LogP contribution in [0.25, 0.3) is 32.3 Å².